The third-order valence-corrected chi connectivity index (χ3v) is 4.07. The molecule has 0 aliphatic heterocycles. The Morgan fingerprint density at radius 2 is 2.05 bits per heavy atom. The summed E-state index contributed by atoms with van der Waals surface area (Å²) in [5.41, 5.74) is 3.39. The van der Waals surface area contributed by atoms with Gasteiger partial charge in [-0.25, -0.2) is 4.98 Å². The zero-order chi connectivity index (χ0) is 14.1. The molecule has 3 nitrogen and oxygen atoms in total. The molecule has 0 atom stereocenters. The van der Waals surface area contributed by atoms with Crippen LogP contribution in [-0.2, 0) is 0 Å². The molecular weight excluding hydrogens is 266 g/mol. The van der Waals surface area contributed by atoms with Crippen LogP contribution >= 0.6 is 11.3 Å². The van der Waals surface area contributed by atoms with Gasteiger partial charge in [0.2, 0.25) is 0 Å². The first-order valence-corrected chi connectivity index (χ1v) is 7.18. The average molecular weight is 279 g/mol. The lowest BCUT2D eigenvalue weighted by molar-refractivity contribution is 1.16. The molecule has 0 spiro atoms. The van der Waals surface area contributed by atoms with Gasteiger partial charge in [0.25, 0.3) is 0 Å². The molecule has 2 heterocycles. The van der Waals surface area contributed by atoms with Crippen LogP contribution in [0.1, 0.15) is 16.8 Å². The van der Waals surface area contributed by atoms with E-state index in [1.807, 2.05) is 26.0 Å². The van der Waals surface area contributed by atoms with Gasteiger partial charge in [0.05, 0.1) is 5.56 Å². The summed E-state index contributed by atoms with van der Waals surface area (Å²) in [7, 11) is 0. The van der Waals surface area contributed by atoms with E-state index in [1.54, 1.807) is 11.3 Å². The second-order valence-corrected chi connectivity index (χ2v) is 5.66. The molecule has 0 saturated carbocycles. The Bertz CT molecular complexity index is 827. The van der Waals surface area contributed by atoms with Crippen LogP contribution in [0.4, 0.5) is 11.5 Å². The van der Waals surface area contributed by atoms with E-state index in [9.17, 15) is 5.26 Å². The summed E-state index contributed by atoms with van der Waals surface area (Å²) in [5, 5.41) is 15.8. The van der Waals surface area contributed by atoms with Crippen molar-refractivity contribution >= 4 is 32.9 Å². The zero-order valence-electron chi connectivity index (χ0n) is 11.3. The Hall–Kier alpha value is -2.38. The number of hydrogen-bond donors (Lipinski definition) is 1. The standard InChI is InChI=1S/C16H13N3S/c1-10-7-11(2)18-16(14(10)9-17)19-13-3-4-15-12(8-13)5-6-20-15/h3-8H,1-2H3,(H,18,19). The highest BCUT2D eigenvalue weighted by molar-refractivity contribution is 7.17. The van der Waals surface area contributed by atoms with E-state index in [0.29, 0.717) is 11.4 Å². The van der Waals surface area contributed by atoms with Crippen molar-refractivity contribution in [2.45, 2.75) is 13.8 Å². The molecule has 4 heteroatoms. The summed E-state index contributed by atoms with van der Waals surface area (Å²) in [6, 6.07) is 12.4. The van der Waals surface area contributed by atoms with Gasteiger partial charge < -0.3 is 5.32 Å². The first-order valence-electron chi connectivity index (χ1n) is 6.30. The van der Waals surface area contributed by atoms with Crippen LogP contribution < -0.4 is 5.32 Å². The van der Waals surface area contributed by atoms with Gasteiger partial charge in [-0.15, -0.1) is 11.3 Å². The largest absolute Gasteiger partial charge is 0.339 e. The maximum absolute atomic E-state index is 9.28. The monoisotopic (exact) mass is 279 g/mol. The lowest BCUT2D eigenvalue weighted by Crippen LogP contribution is -2.00. The molecule has 0 fully saturated rings. The number of rotatable bonds is 2. The van der Waals surface area contributed by atoms with Gasteiger partial charge >= 0.3 is 0 Å². The number of aromatic nitrogens is 1. The SMILES string of the molecule is Cc1cc(C)c(C#N)c(Nc2ccc3sccc3c2)n1. The fraction of sp³-hybridized carbons (Fsp3) is 0.125. The van der Waals surface area contributed by atoms with Crippen molar-refractivity contribution in [2.75, 3.05) is 5.32 Å². The highest BCUT2D eigenvalue weighted by atomic mass is 32.1. The molecule has 1 N–H and O–H groups in total. The van der Waals surface area contributed by atoms with Gasteiger partial charge in [-0.1, -0.05) is 0 Å². The minimum Gasteiger partial charge on any atom is -0.339 e. The first kappa shape index (κ1) is 12.6. The predicted molar refractivity (Wildman–Crippen MR) is 83.5 cm³/mol. The fourth-order valence-electron chi connectivity index (χ4n) is 2.25. The number of nitrogens with zero attached hydrogens (tertiary/aromatic N) is 2. The minimum atomic E-state index is 0.598. The van der Waals surface area contributed by atoms with E-state index in [2.05, 4.69) is 39.9 Å². The molecule has 0 radical (unpaired) electrons. The second kappa shape index (κ2) is 4.95. The van der Waals surface area contributed by atoms with Gasteiger partial charge in [0.15, 0.2) is 0 Å². The molecular formula is C16H13N3S. The molecule has 20 heavy (non-hydrogen) atoms. The Morgan fingerprint density at radius 1 is 1.20 bits per heavy atom. The Balaban J connectivity index is 2.04. The van der Waals surface area contributed by atoms with Crippen molar-refractivity contribution in [1.82, 2.24) is 4.98 Å². The van der Waals surface area contributed by atoms with Gasteiger partial charge in [-0.2, -0.15) is 5.26 Å². The lowest BCUT2D eigenvalue weighted by atomic mass is 10.1. The number of hydrogen-bond acceptors (Lipinski definition) is 4. The van der Waals surface area contributed by atoms with Crippen molar-refractivity contribution in [3.63, 3.8) is 0 Å². The summed E-state index contributed by atoms with van der Waals surface area (Å²) < 4.78 is 1.25. The summed E-state index contributed by atoms with van der Waals surface area (Å²) in [4.78, 5) is 4.44. The Morgan fingerprint density at radius 3 is 2.85 bits per heavy atom. The van der Waals surface area contributed by atoms with E-state index in [0.717, 1.165) is 16.9 Å². The molecule has 3 rings (SSSR count). The van der Waals surface area contributed by atoms with Crippen LogP contribution in [0.3, 0.4) is 0 Å². The van der Waals surface area contributed by atoms with E-state index in [-0.39, 0.29) is 0 Å². The van der Waals surface area contributed by atoms with Gasteiger partial charge in [-0.3, -0.25) is 0 Å². The number of benzene rings is 1. The van der Waals surface area contributed by atoms with Crippen molar-refractivity contribution in [3.05, 3.63) is 52.5 Å². The summed E-state index contributed by atoms with van der Waals surface area (Å²) in [6.45, 7) is 3.86. The summed E-state index contributed by atoms with van der Waals surface area (Å²) in [6.07, 6.45) is 0. The second-order valence-electron chi connectivity index (χ2n) is 4.71. The topological polar surface area (TPSA) is 48.7 Å². The molecule has 0 aliphatic rings. The molecule has 2 aromatic heterocycles. The number of aryl methyl sites for hydroxylation is 2. The molecule has 98 valence electrons. The number of nitriles is 1. The van der Waals surface area contributed by atoms with Crippen LogP contribution in [0, 0.1) is 25.2 Å². The fourth-order valence-corrected chi connectivity index (χ4v) is 3.02. The smallest absolute Gasteiger partial charge is 0.148 e. The average Bonchev–Trinajstić information content (AvgIpc) is 2.85. The third kappa shape index (κ3) is 2.24. The number of anilines is 2. The van der Waals surface area contributed by atoms with Crippen LogP contribution in [0.15, 0.2) is 35.7 Å². The number of pyridine rings is 1. The van der Waals surface area contributed by atoms with E-state index in [1.165, 1.54) is 10.1 Å². The molecule has 0 saturated heterocycles. The Labute approximate surface area is 121 Å². The molecule has 1 aromatic carbocycles. The molecule has 0 amide bonds. The molecule has 0 bridgehead atoms. The quantitative estimate of drug-likeness (QED) is 0.749. The van der Waals surface area contributed by atoms with Crippen LogP contribution in [0.2, 0.25) is 0 Å². The van der Waals surface area contributed by atoms with E-state index in [4.69, 9.17) is 0 Å². The summed E-state index contributed by atoms with van der Waals surface area (Å²) >= 11 is 1.72. The van der Waals surface area contributed by atoms with Crippen molar-refractivity contribution in [3.8, 4) is 6.07 Å². The van der Waals surface area contributed by atoms with E-state index >= 15 is 0 Å². The summed E-state index contributed by atoms with van der Waals surface area (Å²) in [5.74, 6) is 0.625. The minimum absolute atomic E-state index is 0.598. The third-order valence-electron chi connectivity index (χ3n) is 3.17. The van der Waals surface area contributed by atoms with E-state index < -0.39 is 0 Å². The van der Waals surface area contributed by atoms with Crippen molar-refractivity contribution in [2.24, 2.45) is 0 Å². The van der Waals surface area contributed by atoms with Crippen LogP contribution in [0.25, 0.3) is 10.1 Å². The predicted octanol–water partition coefficient (Wildman–Crippen LogP) is 4.53. The maximum atomic E-state index is 9.28. The first-order chi connectivity index (χ1) is 9.67. The maximum Gasteiger partial charge on any atom is 0.148 e. The highest BCUT2D eigenvalue weighted by Gasteiger charge is 2.09. The number of thiophene rings is 1. The number of fused-ring (bicyclic) bond motifs is 1. The lowest BCUT2D eigenvalue weighted by Gasteiger charge is -2.10. The van der Waals surface area contributed by atoms with Gasteiger partial charge in [0, 0.05) is 16.1 Å². The van der Waals surface area contributed by atoms with Gasteiger partial charge in [0.1, 0.15) is 11.9 Å². The highest BCUT2D eigenvalue weighted by Crippen LogP contribution is 2.27. The number of nitrogens with one attached hydrogen (secondary N) is 1. The molecule has 0 unspecified atom stereocenters. The normalized spacial score (nSPS) is 10.4. The zero-order valence-corrected chi connectivity index (χ0v) is 12.1. The Kier molecular flexibility index (Phi) is 3.13. The van der Waals surface area contributed by atoms with Crippen LogP contribution in [0.5, 0.6) is 0 Å². The van der Waals surface area contributed by atoms with Crippen molar-refractivity contribution < 1.29 is 0 Å². The van der Waals surface area contributed by atoms with Gasteiger partial charge in [-0.05, 0) is 60.5 Å². The van der Waals surface area contributed by atoms with Crippen molar-refractivity contribution in [1.29, 1.82) is 5.26 Å². The molecule has 3 aromatic rings. The van der Waals surface area contributed by atoms with Crippen LogP contribution in [-0.4, -0.2) is 4.98 Å². The molecule has 0 aliphatic carbocycles.